The maximum absolute atomic E-state index is 12.2. The summed E-state index contributed by atoms with van der Waals surface area (Å²) in [5.74, 6) is -0.0438. The van der Waals surface area contributed by atoms with E-state index in [0.717, 1.165) is 4.90 Å². The zero-order chi connectivity index (χ0) is 14.9. The Morgan fingerprint density at radius 3 is 2.95 bits per heavy atom. The molecule has 0 unspecified atom stereocenters. The number of likely N-dealkylation sites (tertiary alicyclic amines) is 1. The fraction of sp³-hybridized carbons (Fsp3) is 0.417. The fourth-order valence-corrected chi connectivity index (χ4v) is 2.60. The Hall–Kier alpha value is -1.83. The van der Waals surface area contributed by atoms with E-state index in [1.165, 1.54) is 6.20 Å². The number of carbonyl (C=O) groups excluding carboxylic acids is 1. The Morgan fingerprint density at radius 2 is 2.30 bits per heavy atom. The molecule has 4 N–H and O–H groups in total. The third-order valence-corrected chi connectivity index (χ3v) is 3.64. The molecule has 7 nitrogen and oxygen atoms in total. The van der Waals surface area contributed by atoms with Crippen molar-refractivity contribution >= 4 is 39.4 Å². The highest BCUT2D eigenvalue weighted by Gasteiger charge is 2.38. The Morgan fingerprint density at radius 1 is 1.60 bits per heavy atom. The predicted molar refractivity (Wildman–Crippen MR) is 77.3 cm³/mol. The molecule has 1 aliphatic heterocycles. The number of nitrogen functional groups attached to an aromatic ring is 1. The van der Waals surface area contributed by atoms with Crippen LogP contribution in [0.3, 0.4) is 0 Å². The van der Waals surface area contributed by atoms with E-state index >= 15 is 0 Å². The minimum absolute atomic E-state index is 0.153. The van der Waals surface area contributed by atoms with E-state index in [9.17, 15) is 9.59 Å². The van der Waals surface area contributed by atoms with E-state index < -0.39 is 12.1 Å². The SMILES string of the molecule is C[C@H]1C[C@@H](C(=O)Nc2cc(Br)cnc2N)N(C(=O)O)C1. The van der Waals surface area contributed by atoms with Crippen molar-refractivity contribution in [3.63, 3.8) is 0 Å². The van der Waals surface area contributed by atoms with Gasteiger partial charge in [-0.25, -0.2) is 9.78 Å². The van der Waals surface area contributed by atoms with Crippen LogP contribution in [0.15, 0.2) is 16.7 Å². The Kier molecular flexibility index (Phi) is 4.12. The lowest BCUT2D eigenvalue weighted by Crippen LogP contribution is -2.42. The summed E-state index contributed by atoms with van der Waals surface area (Å²) in [5, 5.41) is 11.8. The van der Waals surface area contributed by atoms with E-state index in [1.54, 1.807) is 6.07 Å². The molecule has 0 aliphatic carbocycles. The third kappa shape index (κ3) is 3.01. The molecule has 0 aromatic carbocycles. The summed E-state index contributed by atoms with van der Waals surface area (Å²) in [5.41, 5.74) is 6.05. The van der Waals surface area contributed by atoms with Crippen LogP contribution in [-0.4, -0.2) is 39.6 Å². The van der Waals surface area contributed by atoms with Gasteiger partial charge in [0, 0.05) is 17.2 Å². The van der Waals surface area contributed by atoms with Crippen molar-refractivity contribution < 1.29 is 14.7 Å². The zero-order valence-electron chi connectivity index (χ0n) is 10.8. The largest absolute Gasteiger partial charge is 0.465 e. The standard InChI is InChI=1S/C12H15BrN4O3/c1-6-2-9(17(5-6)12(19)20)11(18)16-8-3-7(13)4-15-10(8)14/h3-4,6,9H,2,5H2,1H3,(H2,14,15)(H,16,18)(H,19,20)/t6-,9-/m0/s1. The first kappa shape index (κ1) is 14.6. The van der Waals surface area contributed by atoms with Gasteiger partial charge in [-0.2, -0.15) is 0 Å². The molecule has 0 saturated carbocycles. The number of anilines is 2. The van der Waals surface area contributed by atoms with Gasteiger partial charge in [0.1, 0.15) is 11.9 Å². The van der Waals surface area contributed by atoms with E-state index in [-0.39, 0.29) is 17.6 Å². The van der Waals surface area contributed by atoms with Gasteiger partial charge >= 0.3 is 6.09 Å². The molecule has 8 heteroatoms. The molecule has 1 aromatic heterocycles. The normalized spacial score (nSPS) is 21.8. The van der Waals surface area contributed by atoms with Crippen molar-refractivity contribution in [2.75, 3.05) is 17.6 Å². The van der Waals surface area contributed by atoms with Crippen LogP contribution in [0.2, 0.25) is 0 Å². The molecule has 2 rings (SSSR count). The smallest absolute Gasteiger partial charge is 0.407 e. The number of nitrogens with one attached hydrogen (secondary N) is 1. The van der Waals surface area contributed by atoms with Gasteiger partial charge in [-0.3, -0.25) is 9.69 Å². The van der Waals surface area contributed by atoms with Crippen LogP contribution in [-0.2, 0) is 4.79 Å². The number of rotatable bonds is 2. The van der Waals surface area contributed by atoms with Crippen molar-refractivity contribution in [3.05, 3.63) is 16.7 Å². The highest BCUT2D eigenvalue weighted by molar-refractivity contribution is 9.10. The van der Waals surface area contributed by atoms with Crippen LogP contribution in [0, 0.1) is 5.92 Å². The lowest BCUT2D eigenvalue weighted by Gasteiger charge is -2.20. The van der Waals surface area contributed by atoms with Gasteiger partial charge in [0.05, 0.1) is 5.69 Å². The maximum Gasteiger partial charge on any atom is 0.407 e. The molecule has 1 fully saturated rings. The van der Waals surface area contributed by atoms with Crippen LogP contribution in [0.25, 0.3) is 0 Å². The summed E-state index contributed by atoms with van der Waals surface area (Å²) in [6.45, 7) is 2.28. The van der Waals surface area contributed by atoms with Gasteiger partial charge < -0.3 is 16.2 Å². The summed E-state index contributed by atoms with van der Waals surface area (Å²) in [6, 6.07) is 0.935. The van der Waals surface area contributed by atoms with E-state index in [0.29, 0.717) is 23.1 Å². The highest BCUT2D eigenvalue weighted by atomic mass is 79.9. The zero-order valence-corrected chi connectivity index (χ0v) is 12.4. The molecule has 0 spiro atoms. The molecule has 1 saturated heterocycles. The van der Waals surface area contributed by atoms with Crippen LogP contribution in [0.1, 0.15) is 13.3 Å². The number of halogens is 1. The number of hydrogen-bond acceptors (Lipinski definition) is 4. The lowest BCUT2D eigenvalue weighted by molar-refractivity contribution is -0.119. The summed E-state index contributed by atoms with van der Waals surface area (Å²) >= 11 is 3.24. The first-order valence-electron chi connectivity index (χ1n) is 6.10. The van der Waals surface area contributed by atoms with Crippen molar-refractivity contribution in [2.24, 2.45) is 5.92 Å². The number of nitrogens with zero attached hydrogens (tertiary/aromatic N) is 2. The predicted octanol–water partition coefficient (Wildman–Crippen LogP) is 1.75. The molecular formula is C12H15BrN4O3. The summed E-state index contributed by atoms with van der Waals surface area (Å²) in [7, 11) is 0. The molecule has 20 heavy (non-hydrogen) atoms. The number of carboxylic acid groups (broad SMARTS) is 1. The molecule has 1 aromatic rings. The average molecular weight is 343 g/mol. The molecule has 0 radical (unpaired) electrons. The van der Waals surface area contributed by atoms with Gasteiger partial charge in [-0.15, -0.1) is 0 Å². The summed E-state index contributed by atoms with van der Waals surface area (Å²) in [6.07, 6.45) is 0.931. The van der Waals surface area contributed by atoms with E-state index in [1.807, 2.05) is 6.92 Å². The number of amides is 2. The van der Waals surface area contributed by atoms with Crippen LogP contribution >= 0.6 is 15.9 Å². The molecule has 1 aliphatic rings. The van der Waals surface area contributed by atoms with Crippen molar-refractivity contribution in [3.8, 4) is 0 Å². The maximum atomic E-state index is 12.2. The third-order valence-electron chi connectivity index (χ3n) is 3.20. The Balaban J connectivity index is 2.15. The van der Waals surface area contributed by atoms with Gasteiger partial charge in [0.2, 0.25) is 5.91 Å². The van der Waals surface area contributed by atoms with E-state index in [2.05, 4.69) is 26.2 Å². The van der Waals surface area contributed by atoms with Crippen LogP contribution in [0.4, 0.5) is 16.3 Å². The average Bonchev–Trinajstić information content (AvgIpc) is 2.76. The van der Waals surface area contributed by atoms with Crippen LogP contribution < -0.4 is 11.1 Å². The topological polar surface area (TPSA) is 109 Å². The quantitative estimate of drug-likeness (QED) is 0.758. The highest BCUT2D eigenvalue weighted by Crippen LogP contribution is 2.26. The van der Waals surface area contributed by atoms with Crippen LogP contribution in [0.5, 0.6) is 0 Å². The lowest BCUT2D eigenvalue weighted by atomic mass is 10.1. The number of pyridine rings is 1. The second kappa shape index (κ2) is 5.66. The van der Waals surface area contributed by atoms with Crippen molar-refractivity contribution in [1.82, 2.24) is 9.88 Å². The minimum Gasteiger partial charge on any atom is -0.465 e. The number of aromatic nitrogens is 1. The van der Waals surface area contributed by atoms with Gasteiger partial charge in [0.25, 0.3) is 0 Å². The monoisotopic (exact) mass is 342 g/mol. The first-order chi connectivity index (χ1) is 9.38. The second-order valence-corrected chi connectivity index (χ2v) is 5.78. The van der Waals surface area contributed by atoms with Crippen molar-refractivity contribution in [2.45, 2.75) is 19.4 Å². The Labute approximate surface area is 124 Å². The molecule has 0 bridgehead atoms. The first-order valence-corrected chi connectivity index (χ1v) is 6.89. The number of nitrogens with two attached hydrogens (primary N) is 1. The summed E-state index contributed by atoms with van der Waals surface area (Å²) in [4.78, 5) is 28.4. The molecule has 2 amide bonds. The Bertz CT molecular complexity index is 552. The summed E-state index contributed by atoms with van der Waals surface area (Å²) < 4.78 is 0.678. The van der Waals surface area contributed by atoms with Gasteiger partial charge in [-0.1, -0.05) is 6.92 Å². The molecule has 2 atom stereocenters. The van der Waals surface area contributed by atoms with Gasteiger partial charge in [0.15, 0.2) is 0 Å². The van der Waals surface area contributed by atoms with E-state index in [4.69, 9.17) is 10.8 Å². The number of carbonyl (C=O) groups is 2. The fourth-order valence-electron chi connectivity index (χ4n) is 2.27. The molecule has 2 heterocycles. The molecular weight excluding hydrogens is 328 g/mol. The van der Waals surface area contributed by atoms with Gasteiger partial charge in [-0.05, 0) is 34.3 Å². The molecule has 108 valence electrons. The minimum atomic E-state index is -1.09. The van der Waals surface area contributed by atoms with Crippen molar-refractivity contribution in [1.29, 1.82) is 0 Å². The number of hydrogen-bond donors (Lipinski definition) is 3. The second-order valence-electron chi connectivity index (χ2n) is 4.87.